The van der Waals surface area contributed by atoms with Crippen molar-refractivity contribution in [3.63, 3.8) is 0 Å². The number of nitrogens with zero attached hydrogens (tertiary/aromatic N) is 4. The zero-order chi connectivity index (χ0) is 13.3. The summed E-state index contributed by atoms with van der Waals surface area (Å²) in [5.74, 6) is 0.887. The molecule has 0 fully saturated rings. The Morgan fingerprint density at radius 2 is 2.17 bits per heavy atom. The molecular formula is C11H17N5OS. The van der Waals surface area contributed by atoms with Crippen molar-refractivity contribution < 1.29 is 4.74 Å². The number of methoxy groups -OCH3 is 1. The molecule has 2 rings (SSSR count). The maximum Gasteiger partial charge on any atom is 0.245 e. The molecule has 0 aromatic carbocycles. The molecule has 7 heteroatoms. The van der Waals surface area contributed by atoms with E-state index in [0.717, 1.165) is 6.54 Å². The zero-order valence-corrected chi connectivity index (χ0v) is 11.8. The first-order valence-corrected chi connectivity index (χ1v) is 6.77. The number of rotatable bonds is 4. The van der Waals surface area contributed by atoms with E-state index in [1.54, 1.807) is 18.9 Å². The SMILES string of the molecule is COc1ncnc2c1nc(N)n2CC(C)(C)SC. The maximum atomic E-state index is 5.96. The number of thioether (sulfide) groups is 1. The summed E-state index contributed by atoms with van der Waals surface area (Å²) in [7, 11) is 1.56. The van der Waals surface area contributed by atoms with Crippen LogP contribution in [0.25, 0.3) is 11.2 Å². The molecule has 18 heavy (non-hydrogen) atoms. The van der Waals surface area contributed by atoms with Crippen molar-refractivity contribution in [3.8, 4) is 5.88 Å². The summed E-state index contributed by atoms with van der Waals surface area (Å²) in [4.78, 5) is 12.6. The third-order valence-corrected chi connectivity index (χ3v) is 4.05. The van der Waals surface area contributed by atoms with Crippen LogP contribution in [-0.2, 0) is 6.54 Å². The van der Waals surface area contributed by atoms with E-state index in [4.69, 9.17) is 10.5 Å². The number of imidazole rings is 1. The molecule has 98 valence electrons. The summed E-state index contributed by atoms with van der Waals surface area (Å²) < 4.78 is 7.12. The summed E-state index contributed by atoms with van der Waals surface area (Å²) in [6.45, 7) is 5.04. The molecule has 2 aromatic heterocycles. The molecule has 0 saturated carbocycles. The number of nitrogens with two attached hydrogens (primary N) is 1. The molecule has 0 atom stereocenters. The molecule has 0 aliphatic rings. The molecule has 0 saturated heterocycles. The lowest BCUT2D eigenvalue weighted by Crippen LogP contribution is -2.23. The van der Waals surface area contributed by atoms with Crippen LogP contribution in [0.15, 0.2) is 6.33 Å². The number of hydrogen-bond acceptors (Lipinski definition) is 6. The summed E-state index contributed by atoms with van der Waals surface area (Å²) in [6, 6.07) is 0. The van der Waals surface area contributed by atoms with E-state index >= 15 is 0 Å². The maximum absolute atomic E-state index is 5.96. The average Bonchev–Trinajstić information content (AvgIpc) is 2.66. The zero-order valence-electron chi connectivity index (χ0n) is 11.0. The summed E-state index contributed by atoms with van der Waals surface area (Å²) in [5.41, 5.74) is 7.27. The van der Waals surface area contributed by atoms with Crippen LogP contribution < -0.4 is 10.5 Å². The van der Waals surface area contributed by atoms with E-state index in [-0.39, 0.29) is 4.75 Å². The van der Waals surface area contributed by atoms with Gasteiger partial charge in [-0.2, -0.15) is 16.7 Å². The van der Waals surface area contributed by atoms with E-state index in [1.807, 2.05) is 4.57 Å². The molecular weight excluding hydrogens is 250 g/mol. The van der Waals surface area contributed by atoms with Gasteiger partial charge in [0.25, 0.3) is 0 Å². The molecule has 2 heterocycles. The van der Waals surface area contributed by atoms with Crippen LogP contribution in [0.2, 0.25) is 0 Å². The molecule has 2 aromatic rings. The molecule has 6 nitrogen and oxygen atoms in total. The second-order valence-corrected chi connectivity index (χ2v) is 6.09. The van der Waals surface area contributed by atoms with Crippen molar-refractivity contribution in [1.29, 1.82) is 0 Å². The van der Waals surface area contributed by atoms with Crippen LogP contribution in [-0.4, -0.2) is 37.6 Å². The van der Waals surface area contributed by atoms with Gasteiger partial charge in [-0.15, -0.1) is 0 Å². The van der Waals surface area contributed by atoms with Gasteiger partial charge in [0, 0.05) is 11.3 Å². The van der Waals surface area contributed by atoms with Crippen molar-refractivity contribution in [2.24, 2.45) is 0 Å². The summed E-state index contributed by atoms with van der Waals surface area (Å²) in [6.07, 6.45) is 3.54. The molecule has 0 aliphatic heterocycles. The number of aromatic nitrogens is 4. The fraction of sp³-hybridized carbons (Fsp3) is 0.545. The van der Waals surface area contributed by atoms with E-state index in [0.29, 0.717) is 23.0 Å². The van der Waals surface area contributed by atoms with Gasteiger partial charge in [0.1, 0.15) is 6.33 Å². The number of fused-ring (bicyclic) bond motifs is 1. The van der Waals surface area contributed by atoms with Gasteiger partial charge in [-0.25, -0.2) is 9.97 Å². The highest BCUT2D eigenvalue weighted by molar-refractivity contribution is 7.99. The normalized spacial score (nSPS) is 12.0. The Hall–Kier alpha value is -1.50. The predicted molar refractivity (Wildman–Crippen MR) is 73.9 cm³/mol. The van der Waals surface area contributed by atoms with Crippen LogP contribution in [0.4, 0.5) is 5.95 Å². The first-order valence-electron chi connectivity index (χ1n) is 5.54. The number of hydrogen-bond donors (Lipinski definition) is 1. The lowest BCUT2D eigenvalue weighted by Gasteiger charge is -2.23. The Morgan fingerprint density at radius 1 is 1.44 bits per heavy atom. The van der Waals surface area contributed by atoms with Crippen LogP contribution in [0, 0.1) is 0 Å². The largest absolute Gasteiger partial charge is 0.479 e. The Labute approximate surface area is 110 Å². The topological polar surface area (TPSA) is 78.8 Å². The molecule has 0 spiro atoms. The van der Waals surface area contributed by atoms with E-state index in [1.165, 1.54) is 6.33 Å². The standard InChI is InChI=1S/C11H17N5OS/c1-11(2,18-4)5-16-8-7(15-10(16)12)9(17-3)14-6-13-8/h6H,5H2,1-4H3,(H2,12,15). The first kappa shape index (κ1) is 12.9. The van der Waals surface area contributed by atoms with Gasteiger partial charge >= 0.3 is 0 Å². The molecule has 0 aliphatic carbocycles. The van der Waals surface area contributed by atoms with Gasteiger partial charge < -0.3 is 10.5 Å². The summed E-state index contributed by atoms with van der Waals surface area (Å²) >= 11 is 1.77. The Kier molecular flexibility index (Phi) is 3.34. The van der Waals surface area contributed by atoms with Crippen LogP contribution in [0.3, 0.4) is 0 Å². The fourth-order valence-corrected chi connectivity index (χ4v) is 1.94. The van der Waals surface area contributed by atoms with Crippen LogP contribution in [0.5, 0.6) is 5.88 Å². The fourth-order valence-electron chi connectivity index (χ4n) is 1.68. The highest BCUT2D eigenvalue weighted by Gasteiger charge is 2.22. The van der Waals surface area contributed by atoms with Crippen LogP contribution >= 0.6 is 11.8 Å². The average molecular weight is 267 g/mol. The number of ether oxygens (including phenoxy) is 1. The van der Waals surface area contributed by atoms with Gasteiger partial charge in [0.15, 0.2) is 11.2 Å². The molecule has 0 amide bonds. The van der Waals surface area contributed by atoms with Crippen molar-refractivity contribution in [2.75, 3.05) is 19.1 Å². The Balaban J connectivity index is 2.54. The first-order chi connectivity index (χ1) is 8.48. The molecule has 2 N–H and O–H groups in total. The smallest absolute Gasteiger partial charge is 0.245 e. The predicted octanol–water partition coefficient (Wildman–Crippen LogP) is 1.56. The van der Waals surface area contributed by atoms with Gasteiger partial charge in [-0.1, -0.05) is 0 Å². The Bertz CT molecular complexity index is 566. The van der Waals surface area contributed by atoms with Crippen molar-refractivity contribution in [2.45, 2.75) is 25.1 Å². The monoisotopic (exact) mass is 267 g/mol. The van der Waals surface area contributed by atoms with Gasteiger partial charge in [0.2, 0.25) is 11.8 Å². The highest BCUT2D eigenvalue weighted by Crippen LogP contribution is 2.28. The Morgan fingerprint density at radius 3 is 2.78 bits per heavy atom. The lowest BCUT2D eigenvalue weighted by molar-refractivity contribution is 0.401. The van der Waals surface area contributed by atoms with E-state index < -0.39 is 0 Å². The quantitative estimate of drug-likeness (QED) is 0.905. The molecule has 0 unspecified atom stereocenters. The lowest BCUT2D eigenvalue weighted by atomic mass is 10.2. The van der Waals surface area contributed by atoms with Crippen LogP contribution in [0.1, 0.15) is 13.8 Å². The summed E-state index contributed by atoms with van der Waals surface area (Å²) in [5, 5.41) is 0. The minimum absolute atomic E-state index is 0.0555. The van der Waals surface area contributed by atoms with Crippen molar-refractivity contribution >= 4 is 28.9 Å². The second kappa shape index (κ2) is 4.64. The van der Waals surface area contributed by atoms with Gasteiger partial charge in [-0.05, 0) is 20.1 Å². The van der Waals surface area contributed by atoms with Crippen molar-refractivity contribution in [3.05, 3.63) is 6.33 Å². The van der Waals surface area contributed by atoms with Gasteiger partial charge in [0.05, 0.1) is 7.11 Å². The third kappa shape index (κ3) is 2.22. The van der Waals surface area contributed by atoms with E-state index in [2.05, 4.69) is 35.1 Å². The number of nitrogen functional groups attached to an aromatic ring is 1. The molecule has 0 bridgehead atoms. The second-order valence-electron chi connectivity index (χ2n) is 4.58. The van der Waals surface area contributed by atoms with Crippen molar-refractivity contribution in [1.82, 2.24) is 19.5 Å². The third-order valence-electron chi connectivity index (χ3n) is 2.81. The minimum Gasteiger partial charge on any atom is -0.479 e. The van der Waals surface area contributed by atoms with Gasteiger partial charge in [-0.3, -0.25) is 4.57 Å². The highest BCUT2D eigenvalue weighted by atomic mass is 32.2. The minimum atomic E-state index is 0.0555. The number of anilines is 1. The van der Waals surface area contributed by atoms with E-state index in [9.17, 15) is 0 Å². The molecule has 0 radical (unpaired) electrons.